The molecule has 1 aromatic rings. The Morgan fingerprint density at radius 2 is 1.79 bits per heavy atom. The Morgan fingerprint density at radius 3 is 2.29 bits per heavy atom. The van der Waals surface area contributed by atoms with E-state index in [9.17, 15) is 4.79 Å². The number of carbonyl (C=O) groups excluding carboxylic acids is 1. The van der Waals surface area contributed by atoms with Crippen molar-refractivity contribution >= 4 is 35.3 Å². The number of anilines is 1. The number of aryl methyl sites for hydroxylation is 1. The summed E-state index contributed by atoms with van der Waals surface area (Å²) in [6.07, 6.45) is -1.62. The van der Waals surface area contributed by atoms with Crippen LogP contribution in [0.5, 0.6) is 0 Å². The van der Waals surface area contributed by atoms with E-state index in [0.29, 0.717) is 11.3 Å². The molecule has 0 aromatic carbocycles. The Bertz CT molecular complexity index is 1110. The van der Waals surface area contributed by atoms with Crippen molar-refractivity contribution in [3.8, 4) is 0 Å². The van der Waals surface area contributed by atoms with Crippen LogP contribution in [-0.2, 0) is 14.0 Å². The van der Waals surface area contributed by atoms with E-state index in [4.69, 9.17) is 29.1 Å². The number of piperazine rings is 1. The molecule has 28 heavy (non-hydrogen) atoms. The summed E-state index contributed by atoms with van der Waals surface area (Å²) in [5.74, 6) is 0. The van der Waals surface area contributed by atoms with Crippen molar-refractivity contribution in [1.29, 1.82) is 0 Å². The second kappa shape index (κ2) is 7.18. The maximum Gasteiger partial charge on any atom is 0.515 e. The number of aromatic nitrogens is 1. The molecule has 3 rings (SSSR count). The van der Waals surface area contributed by atoms with Crippen molar-refractivity contribution in [3.05, 3.63) is 4.88 Å². The van der Waals surface area contributed by atoms with Gasteiger partial charge in [0.1, 0.15) is 5.60 Å². The monoisotopic (exact) mass is 420 g/mol. The first-order chi connectivity index (χ1) is 17.0. The summed E-state index contributed by atoms with van der Waals surface area (Å²) in [6, 6.07) is 0. The molecule has 2 saturated heterocycles. The van der Waals surface area contributed by atoms with E-state index >= 15 is 0 Å². The summed E-state index contributed by atoms with van der Waals surface area (Å²) in [7, 11) is -1.34. The van der Waals surface area contributed by atoms with Crippen LogP contribution in [0.1, 0.15) is 68.4 Å². The van der Waals surface area contributed by atoms with Crippen LogP contribution in [0.3, 0.4) is 0 Å². The minimum absolute atomic E-state index is 0.0928. The number of amides is 1. The van der Waals surface area contributed by atoms with Crippen LogP contribution in [0.2, 0.25) is 0 Å². The number of nitrogens with zero attached hydrogens (tertiary/aromatic N) is 3. The maximum absolute atomic E-state index is 12.9. The van der Waals surface area contributed by atoms with E-state index in [0.717, 1.165) is 0 Å². The first kappa shape index (κ1) is 11.2. The van der Waals surface area contributed by atoms with Gasteiger partial charge in [0.2, 0.25) is 0 Å². The fourth-order valence-electron chi connectivity index (χ4n) is 2.28. The minimum Gasteiger partial charge on any atom is -0.444 e. The molecule has 0 spiro atoms. The molecule has 0 bridgehead atoms. The fraction of sp³-hybridized carbons (Fsp3) is 0.789. The lowest BCUT2D eigenvalue weighted by molar-refractivity contribution is 0.00578. The minimum atomic E-state index is -3.53. The summed E-state index contributed by atoms with van der Waals surface area (Å²) in [6.45, 7) is -5.71. The van der Waals surface area contributed by atoms with Crippen LogP contribution in [0.15, 0.2) is 0 Å². The van der Waals surface area contributed by atoms with E-state index in [1.54, 1.807) is 27.7 Å². The highest BCUT2D eigenvalue weighted by atomic mass is 32.1. The summed E-state index contributed by atoms with van der Waals surface area (Å²) < 4.78 is 109. The SMILES string of the molecule is [2H]C([2H])([2H])c1sc(N2C([2H])([2H])C([2H])([2H])N(C(=O)OC(C)(C)C)C([2H])([2H])C2([2H])[2H])nc1B1OC(C)(C)C(C)(C)O1. The van der Waals surface area contributed by atoms with Gasteiger partial charge in [-0.3, -0.25) is 0 Å². The zero-order valence-corrected chi connectivity index (χ0v) is 17.8. The largest absolute Gasteiger partial charge is 0.515 e. The summed E-state index contributed by atoms with van der Waals surface area (Å²) in [4.78, 5) is 16.5. The Balaban J connectivity index is 2.22. The fourth-order valence-corrected chi connectivity index (χ4v) is 3.04. The van der Waals surface area contributed by atoms with E-state index < -0.39 is 72.9 Å². The molecule has 0 atom stereocenters. The first-order valence-electron chi connectivity index (χ1n) is 14.2. The lowest BCUT2D eigenvalue weighted by Crippen LogP contribution is -2.50. The number of hydrogen-bond acceptors (Lipinski definition) is 7. The molecule has 2 aliphatic heterocycles. The maximum atomic E-state index is 12.9. The molecule has 1 amide bonds. The molecule has 2 aliphatic rings. The van der Waals surface area contributed by atoms with Gasteiger partial charge in [0.25, 0.3) is 0 Å². The molecule has 1 aromatic heterocycles. The molecule has 7 nitrogen and oxygen atoms in total. The third kappa shape index (κ3) is 4.31. The normalized spacial score (nSPS) is 35.4. The quantitative estimate of drug-likeness (QED) is 0.686. The lowest BCUT2D eigenvalue weighted by atomic mass is 9.84. The van der Waals surface area contributed by atoms with E-state index in [-0.39, 0.29) is 15.4 Å². The van der Waals surface area contributed by atoms with Gasteiger partial charge in [-0.25, -0.2) is 9.78 Å². The zero-order chi connectivity index (χ0) is 30.6. The van der Waals surface area contributed by atoms with E-state index in [2.05, 4.69) is 4.98 Å². The summed E-state index contributed by atoms with van der Waals surface area (Å²) in [5, 5.41) is -0.683. The van der Waals surface area contributed by atoms with Crippen LogP contribution in [0, 0.1) is 6.85 Å². The van der Waals surface area contributed by atoms with E-state index in [1.165, 1.54) is 20.8 Å². The zero-order valence-electron chi connectivity index (χ0n) is 28.0. The highest BCUT2D eigenvalue weighted by Gasteiger charge is 2.53. The predicted octanol–water partition coefficient (Wildman–Crippen LogP) is 2.81. The summed E-state index contributed by atoms with van der Waals surface area (Å²) >= 11 is 0.330. The van der Waals surface area contributed by atoms with Crippen molar-refractivity contribution in [1.82, 2.24) is 9.88 Å². The molecule has 0 saturated carbocycles. The second-order valence-electron chi connectivity index (χ2n) is 8.40. The van der Waals surface area contributed by atoms with Gasteiger partial charge < -0.3 is 23.8 Å². The topological polar surface area (TPSA) is 64.1 Å². The number of hydrogen-bond donors (Lipinski definition) is 0. The van der Waals surface area contributed by atoms with Gasteiger partial charge in [-0.1, -0.05) is 0 Å². The van der Waals surface area contributed by atoms with E-state index in [1.807, 2.05) is 0 Å². The second-order valence-corrected chi connectivity index (χ2v) is 9.37. The van der Waals surface area contributed by atoms with Crippen molar-refractivity contribution in [3.63, 3.8) is 0 Å². The van der Waals surface area contributed by atoms with Crippen LogP contribution >= 0.6 is 11.3 Å². The molecule has 0 radical (unpaired) electrons. The standard InChI is InChI=1S/C19H32BN3O4S/c1-13-14(20-26-18(5,6)19(7,8)27-20)21-15(28-13)22-9-11-23(12-10-22)16(24)25-17(2,3)4/h9-12H2,1-8H3/i1D3,9D2,10D2,11D2,12D2. The predicted molar refractivity (Wildman–Crippen MR) is 113 cm³/mol. The van der Waals surface area contributed by atoms with Crippen LogP contribution < -0.4 is 10.5 Å². The summed E-state index contributed by atoms with van der Waals surface area (Å²) in [5.41, 5.74) is -3.35. The van der Waals surface area contributed by atoms with Crippen LogP contribution in [0.25, 0.3) is 0 Å². The average Bonchev–Trinajstić information content (AvgIpc) is 3.16. The molecule has 0 aliphatic carbocycles. The van der Waals surface area contributed by atoms with Crippen molar-refractivity contribution < 1.29 is 33.9 Å². The van der Waals surface area contributed by atoms with Crippen LogP contribution in [-0.4, -0.2) is 65.9 Å². The van der Waals surface area contributed by atoms with Crippen LogP contribution in [0.4, 0.5) is 9.93 Å². The number of ether oxygens (including phenoxy) is 1. The molecular weight excluding hydrogens is 377 g/mol. The average molecular weight is 420 g/mol. The molecule has 0 N–H and O–H groups in total. The van der Waals surface area contributed by atoms with Crippen molar-refractivity contribution in [2.24, 2.45) is 0 Å². The van der Waals surface area contributed by atoms with Gasteiger partial charge in [-0.05, 0) is 55.3 Å². The molecular formula is C19H32BN3O4S. The number of rotatable bonds is 2. The van der Waals surface area contributed by atoms with Gasteiger partial charge in [0.05, 0.1) is 27.8 Å². The van der Waals surface area contributed by atoms with Gasteiger partial charge in [0.15, 0.2) is 5.13 Å². The van der Waals surface area contributed by atoms with Crippen molar-refractivity contribution in [2.45, 2.75) is 72.1 Å². The molecule has 9 heteroatoms. The van der Waals surface area contributed by atoms with Gasteiger partial charge >= 0.3 is 13.2 Å². The molecule has 3 heterocycles. The van der Waals surface area contributed by atoms with Gasteiger partial charge in [-0.15, -0.1) is 11.3 Å². The molecule has 156 valence electrons. The molecule has 0 unspecified atom stereocenters. The Morgan fingerprint density at radius 1 is 1.21 bits per heavy atom. The third-order valence-corrected chi connectivity index (χ3v) is 5.30. The molecule has 2 fully saturated rings. The highest BCUT2D eigenvalue weighted by Crippen LogP contribution is 2.37. The number of carbonyl (C=O) groups is 1. The van der Waals surface area contributed by atoms with Crippen molar-refractivity contribution in [2.75, 3.05) is 30.9 Å². The Hall–Kier alpha value is -1.32. The number of thiazole rings is 1. The van der Waals surface area contributed by atoms with Gasteiger partial charge in [-0.2, -0.15) is 0 Å². The first-order valence-corrected chi connectivity index (χ1v) is 9.54. The Kier molecular flexibility index (Phi) is 2.87. The smallest absolute Gasteiger partial charge is 0.444 e. The lowest BCUT2D eigenvalue weighted by Gasteiger charge is -2.35. The Labute approximate surface area is 187 Å². The van der Waals surface area contributed by atoms with Gasteiger partial charge in [0, 0.05) is 35.0 Å². The third-order valence-electron chi connectivity index (χ3n) is 4.43. The highest BCUT2D eigenvalue weighted by molar-refractivity contribution is 7.16.